The molecule has 0 aliphatic heterocycles. The van der Waals surface area contributed by atoms with E-state index in [4.69, 9.17) is 18.9 Å². The highest BCUT2D eigenvalue weighted by Gasteiger charge is 2.19. The molecule has 62 heavy (non-hydrogen) atoms. The van der Waals surface area contributed by atoms with Crippen molar-refractivity contribution in [1.82, 2.24) is 26.6 Å². The third kappa shape index (κ3) is 43.5. The van der Waals surface area contributed by atoms with E-state index in [2.05, 4.69) is 42.5 Å². The fourth-order valence-corrected chi connectivity index (χ4v) is 6.43. The molecule has 0 heterocycles. The number of ether oxygens (including phenoxy) is 4. The van der Waals surface area contributed by atoms with E-state index >= 15 is 0 Å². The van der Waals surface area contributed by atoms with Crippen LogP contribution in [0.15, 0.2) is 0 Å². The first-order valence-corrected chi connectivity index (χ1v) is 24.2. The number of alkyl halides is 1. The summed E-state index contributed by atoms with van der Waals surface area (Å²) in [6, 6.07) is -1.05. The molecule has 0 rings (SSSR count). The van der Waals surface area contributed by atoms with E-state index in [1.165, 1.54) is 83.5 Å². The van der Waals surface area contributed by atoms with Gasteiger partial charge in [0, 0.05) is 45.4 Å². The fourth-order valence-electron chi connectivity index (χ4n) is 6.23. The predicted molar refractivity (Wildman–Crippen MR) is 241 cm³/mol. The van der Waals surface area contributed by atoms with Crippen LogP contribution in [0, 0.1) is 0 Å². The highest BCUT2D eigenvalue weighted by atomic mass is 79.9. The van der Waals surface area contributed by atoms with Crippen LogP contribution in [0.5, 0.6) is 0 Å². The number of aldehydes is 1. The molecule has 18 heteroatoms. The molecule has 0 aromatic carbocycles. The van der Waals surface area contributed by atoms with Crippen LogP contribution in [0.1, 0.15) is 148 Å². The van der Waals surface area contributed by atoms with Gasteiger partial charge in [-0.2, -0.15) is 0 Å². The summed E-state index contributed by atoms with van der Waals surface area (Å²) < 4.78 is 21.3. The Kier molecular flexibility index (Phi) is 43.5. The van der Waals surface area contributed by atoms with Gasteiger partial charge in [0.05, 0.1) is 45.0 Å². The minimum Gasteiger partial charge on any atom is -0.480 e. The first kappa shape index (κ1) is 58.8. The summed E-state index contributed by atoms with van der Waals surface area (Å²) in [6.45, 7) is 2.32. The smallest absolute Gasteiger partial charge is 0.326 e. The molecule has 360 valence electrons. The molecule has 0 radical (unpaired) electrons. The van der Waals surface area contributed by atoms with Crippen LogP contribution in [-0.4, -0.2) is 137 Å². The summed E-state index contributed by atoms with van der Waals surface area (Å²) in [5, 5.41) is 23.0. The fraction of sp³-hybridized carbons (Fsp3) is 0.841. The van der Waals surface area contributed by atoms with Crippen molar-refractivity contribution >= 4 is 57.7 Å². The number of carbonyl (C=O) groups excluding carboxylic acids is 6. The molecule has 6 N–H and O–H groups in total. The number of carbonyl (C=O) groups is 7. The van der Waals surface area contributed by atoms with Gasteiger partial charge in [0.25, 0.3) is 0 Å². The molecule has 0 saturated heterocycles. The van der Waals surface area contributed by atoms with Gasteiger partial charge >= 0.3 is 5.97 Å². The van der Waals surface area contributed by atoms with Gasteiger partial charge in [0.2, 0.25) is 29.5 Å². The zero-order valence-corrected chi connectivity index (χ0v) is 39.0. The van der Waals surface area contributed by atoms with Gasteiger partial charge < -0.3 is 55.4 Å². The van der Waals surface area contributed by atoms with E-state index in [0.717, 1.165) is 25.5 Å². The number of amides is 5. The topological polar surface area (TPSA) is 237 Å². The summed E-state index contributed by atoms with van der Waals surface area (Å²) >= 11 is 3.04. The molecule has 0 saturated carbocycles. The molecule has 1 atom stereocenters. The largest absolute Gasteiger partial charge is 0.480 e. The van der Waals surface area contributed by atoms with Crippen molar-refractivity contribution in [3.63, 3.8) is 0 Å². The summed E-state index contributed by atoms with van der Waals surface area (Å²) in [6.07, 6.45) is 24.2. The van der Waals surface area contributed by atoms with Gasteiger partial charge in [0.15, 0.2) is 0 Å². The van der Waals surface area contributed by atoms with E-state index in [-0.39, 0.29) is 88.2 Å². The normalized spacial score (nSPS) is 11.4. The second-order valence-corrected chi connectivity index (χ2v) is 15.8. The number of hydrogen-bond donors (Lipinski definition) is 6. The molecule has 17 nitrogen and oxygen atoms in total. The third-order valence-corrected chi connectivity index (χ3v) is 10.2. The number of aliphatic carboxylic acids is 1. The first-order chi connectivity index (χ1) is 30.2. The Balaban J connectivity index is 3.49. The van der Waals surface area contributed by atoms with Crippen molar-refractivity contribution in [2.24, 2.45) is 0 Å². The Morgan fingerprint density at radius 3 is 1.39 bits per heavy atom. The van der Waals surface area contributed by atoms with Crippen molar-refractivity contribution in [3.05, 3.63) is 0 Å². The molecule has 0 bridgehead atoms. The lowest BCUT2D eigenvalue weighted by molar-refractivity contribution is -0.142. The molecule has 0 aliphatic carbocycles. The van der Waals surface area contributed by atoms with Crippen LogP contribution in [0.2, 0.25) is 0 Å². The minimum atomic E-state index is -1.14. The number of unbranched alkanes of at least 4 members (excludes halogenated alkanes) is 17. The Morgan fingerprint density at radius 1 is 0.452 bits per heavy atom. The first-order valence-electron chi connectivity index (χ1n) is 23.1. The van der Waals surface area contributed by atoms with Gasteiger partial charge in [-0.25, -0.2) is 4.79 Å². The number of hydrogen-bond acceptors (Lipinski definition) is 11. The van der Waals surface area contributed by atoms with Crippen LogP contribution in [0.25, 0.3) is 0 Å². The van der Waals surface area contributed by atoms with Crippen molar-refractivity contribution in [1.29, 1.82) is 0 Å². The van der Waals surface area contributed by atoms with Crippen LogP contribution in [0.3, 0.4) is 0 Å². The Labute approximate surface area is 378 Å². The molecule has 0 spiro atoms. The maximum atomic E-state index is 12.1. The van der Waals surface area contributed by atoms with Crippen molar-refractivity contribution in [2.75, 3.05) is 84.4 Å². The van der Waals surface area contributed by atoms with E-state index in [9.17, 15) is 38.7 Å². The Bertz CT molecular complexity index is 1170. The van der Waals surface area contributed by atoms with E-state index in [0.29, 0.717) is 64.8 Å². The number of halogens is 1. The highest BCUT2D eigenvalue weighted by Crippen LogP contribution is 2.14. The van der Waals surface area contributed by atoms with Gasteiger partial charge in [-0.15, -0.1) is 0 Å². The van der Waals surface area contributed by atoms with Crippen LogP contribution < -0.4 is 26.6 Å². The Morgan fingerprint density at radius 2 is 0.871 bits per heavy atom. The van der Waals surface area contributed by atoms with Crippen LogP contribution in [-0.2, 0) is 52.5 Å². The summed E-state index contributed by atoms with van der Waals surface area (Å²) in [5.41, 5.74) is 0. The second kappa shape index (κ2) is 45.8. The second-order valence-electron chi connectivity index (χ2n) is 15.3. The molecule has 5 amide bonds. The zero-order chi connectivity index (χ0) is 45.6. The summed E-state index contributed by atoms with van der Waals surface area (Å²) in [7, 11) is 0. The van der Waals surface area contributed by atoms with Crippen molar-refractivity contribution < 1.29 is 57.6 Å². The molecule has 0 aliphatic rings. The van der Waals surface area contributed by atoms with E-state index in [1.807, 2.05) is 0 Å². The maximum Gasteiger partial charge on any atom is 0.326 e. The lowest BCUT2D eigenvalue weighted by atomic mass is 10.0. The number of nitrogens with one attached hydrogen (secondary N) is 5. The molecule has 0 fully saturated rings. The molecule has 0 unspecified atom stereocenters. The monoisotopic (exact) mass is 949 g/mol. The quantitative estimate of drug-likeness (QED) is 0.0278. The molecular weight excluding hydrogens is 870 g/mol. The lowest BCUT2D eigenvalue weighted by Crippen LogP contribution is -2.42. The summed E-state index contributed by atoms with van der Waals surface area (Å²) in [4.78, 5) is 81.0. The van der Waals surface area contributed by atoms with Crippen molar-refractivity contribution in [2.45, 2.75) is 154 Å². The average molecular weight is 951 g/mol. The van der Waals surface area contributed by atoms with Gasteiger partial charge in [-0.3, -0.25) is 24.0 Å². The van der Waals surface area contributed by atoms with Crippen molar-refractivity contribution in [3.8, 4) is 0 Å². The van der Waals surface area contributed by atoms with Gasteiger partial charge in [0.1, 0.15) is 25.5 Å². The van der Waals surface area contributed by atoms with Crippen LogP contribution in [0.4, 0.5) is 0 Å². The number of carboxylic acids is 1. The molecule has 0 aromatic heterocycles. The van der Waals surface area contributed by atoms with E-state index < -0.39 is 17.9 Å². The predicted octanol–water partition coefficient (Wildman–Crippen LogP) is 4.65. The standard InChI is InChI=1S/C44H80BrN5O12/c45-35-41(54)47-24-18-17-21-38(44(57)58)50-43(56)37-62-34-32-60-30-27-49-42(55)36-61-33-31-59-29-26-48-40(53)23-20-25-46-39(52)22-16-14-12-10-8-6-4-2-1-3-5-7-9-11-13-15-19-28-51/h28,38H,1-27,29-37H2,(H,46,52)(H,47,54)(H,48,53)(H,49,55)(H,50,56)(H,57,58)/t38-/m0/s1. The van der Waals surface area contributed by atoms with Crippen LogP contribution >= 0.6 is 15.9 Å². The van der Waals surface area contributed by atoms with Gasteiger partial charge in [-0.1, -0.05) is 106 Å². The molecular formula is C44H80BrN5O12. The SMILES string of the molecule is O=CCCCCCCCCCCCCCCCCCCC(=O)NCCCC(=O)NCCOCCOCC(=O)NCCOCCOCC(=O)N[C@@H](CCCCNC(=O)CBr)C(=O)O. The minimum absolute atomic E-state index is 0.0415. The Hall–Kier alpha value is -3.19. The third-order valence-electron chi connectivity index (χ3n) is 9.72. The summed E-state index contributed by atoms with van der Waals surface area (Å²) in [5.74, 6) is -2.23. The average Bonchev–Trinajstić information content (AvgIpc) is 3.25. The lowest BCUT2D eigenvalue weighted by Gasteiger charge is -2.14. The highest BCUT2D eigenvalue weighted by molar-refractivity contribution is 9.09. The molecule has 0 aromatic rings. The van der Waals surface area contributed by atoms with E-state index in [1.54, 1.807) is 0 Å². The van der Waals surface area contributed by atoms with Gasteiger partial charge in [-0.05, 0) is 38.5 Å². The zero-order valence-electron chi connectivity index (χ0n) is 37.4. The number of rotatable bonds is 47. The number of carboxylic acid groups (broad SMARTS) is 1. The maximum absolute atomic E-state index is 12.1.